The second-order valence-electron chi connectivity index (χ2n) is 5.88. The van der Waals surface area contributed by atoms with Gasteiger partial charge in [0, 0.05) is 26.2 Å². The maximum Gasteiger partial charge on any atom is 0.246 e. The minimum Gasteiger partial charge on any atom is -0.281 e. The third-order valence-corrected chi connectivity index (χ3v) is 8.31. The van der Waals surface area contributed by atoms with Gasteiger partial charge in [-0.05, 0) is 26.0 Å². The van der Waals surface area contributed by atoms with E-state index in [4.69, 9.17) is 0 Å². The molecule has 0 aliphatic carbocycles. The predicted octanol–water partition coefficient (Wildman–Crippen LogP) is 0.722. The van der Waals surface area contributed by atoms with Crippen LogP contribution < -0.4 is 0 Å². The highest BCUT2D eigenvalue weighted by molar-refractivity contribution is 7.89. The van der Waals surface area contributed by atoms with Crippen molar-refractivity contribution in [1.82, 2.24) is 18.8 Å². The highest BCUT2D eigenvalue weighted by Gasteiger charge is 2.35. The fraction of sp³-hybridized carbons (Fsp3) is 0.400. The minimum absolute atomic E-state index is 0.110. The summed E-state index contributed by atoms with van der Waals surface area (Å²) in [4.78, 5) is 0.389. The van der Waals surface area contributed by atoms with Crippen LogP contribution in [0, 0.1) is 13.8 Å². The molecule has 3 rings (SSSR count). The number of benzene rings is 1. The molecule has 1 aliphatic heterocycles. The van der Waals surface area contributed by atoms with Gasteiger partial charge in [-0.15, -0.1) is 0 Å². The van der Waals surface area contributed by atoms with Crippen molar-refractivity contribution in [2.75, 3.05) is 26.2 Å². The number of nitrogens with one attached hydrogen (secondary N) is 1. The lowest BCUT2D eigenvalue weighted by Crippen LogP contribution is -2.50. The molecule has 0 spiro atoms. The van der Waals surface area contributed by atoms with Crippen LogP contribution in [0.15, 0.2) is 40.1 Å². The van der Waals surface area contributed by atoms with Crippen LogP contribution in [0.4, 0.5) is 0 Å². The number of H-pyrrole nitrogens is 1. The average Bonchev–Trinajstić information content (AvgIpc) is 2.95. The summed E-state index contributed by atoms with van der Waals surface area (Å²) >= 11 is 0. The number of aromatic nitrogens is 2. The van der Waals surface area contributed by atoms with Crippen LogP contribution >= 0.6 is 0 Å². The molecule has 0 saturated carbocycles. The molecule has 25 heavy (non-hydrogen) atoms. The molecule has 2 aromatic rings. The molecule has 2 heterocycles. The fourth-order valence-electron chi connectivity index (χ4n) is 2.94. The van der Waals surface area contributed by atoms with Gasteiger partial charge < -0.3 is 0 Å². The molecular weight excluding hydrogens is 364 g/mol. The monoisotopic (exact) mass is 384 g/mol. The number of rotatable bonds is 4. The second-order valence-corrected chi connectivity index (χ2v) is 9.70. The Kier molecular flexibility index (Phi) is 4.71. The Morgan fingerprint density at radius 3 is 1.88 bits per heavy atom. The normalized spacial score (nSPS) is 17.7. The summed E-state index contributed by atoms with van der Waals surface area (Å²) in [5.41, 5.74) is 0.897. The summed E-state index contributed by atoms with van der Waals surface area (Å²) in [5.74, 6) is 0. The first-order chi connectivity index (χ1) is 11.7. The van der Waals surface area contributed by atoms with E-state index in [2.05, 4.69) is 10.2 Å². The Morgan fingerprint density at radius 2 is 1.40 bits per heavy atom. The van der Waals surface area contributed by atoms with Gasteiger partial charge in [-0.3, -0.25) is 5.10 Å². The predicted molar refractivity (Wildman–Crippen MR) is 92.0 cm³/mol. The van der Waals surface area contributed by atoms with Crippen molar-refractivity contribution in [1.29, 1.82) is 0 Å². The zero-order chi connectivity index (χ0) is 18.2. The Balaban J connectivity index is 1.79. The lowest BCUT2D eigenvalue weighted by molar-refractivity contribution is 0.272. The van der Waals surface area contributed by atoms with Gasteiger partial charge in [-0.2, -0.15) is 13.7 Å². The molecule has 0 bridgehead atoms. The van der Waals surface area contributed by atoms with Gasteiger partial charge in [0.05, 0.1) is 16.3 Å². The number of hydrogen-bond acceptors (Lipinski definition) is 5. The van der Waals surface area contributed by atoms with Gasteiger partial charge in [-0.1, -0.05) is 18.2 Å². The molecule has 1 saturated heterocycles. The Labute approximate surface area is 147 Å². The molecule has 0 unspecified atom stereocenters. The number of nitrogens with zero attached hydrogens (tertiary/aromatic N) is 3. The van der Waals surface area contributed by atoms with E-state index in [0.717, 1.165) is 0 Å². The van der Waals surface area contributed by atoms with Crippen LogP contribution in [0.5, 0.6) is 0 Å². The van der Waals surface area contributed by atoms with Crippen molar-refractivity contribution in [3.8, 4) is 0 Å². The topological polar surface area (TPSA) is 103 Å². The van der Waals surface area contributed by atoms with E-state index in [1.807, 2.05) is 0 Å². The van der Waals surface area contributed by atoms with Crippen LogP contribution in [-0.2, 0) is 20.0 Å². The van der Waals surface area contributed by atoms with Gasteiger partial charge in [0.15, 0.2) is 0 Å². The molecule has 0 radical (unpaired) electrons. The summed E-state index contributed by atoms with van der Waals surface area (Å²) in [5, 5.41) is 6.61. The maximum absolute atomic E-state index is 12.8. The molecule has 10 heteroatoms. The summed E-state index contributed by atoms with van der Waals surface area (Å²) in [6, 6.07) is 8.16. The van der Waals surface area contributed by atoms with Crippen LogP contribution in [0.25, 0.3) is 0 Å². The lowest BCUT2D eigenvalue weighted by Gasteiger charge is -2.33. The van der Waals surface area contributed by atoms with E-state index in [0.29, 0.717) is 11.4 Å². The Morgan fingerprint density at radius 1 is 0.880 bits per heavy atom. The van der Waals surface area contributed by atoms with Gasteiger partial charge in [-0.25, -0.2) is 16.8 Å². The molecule has 8 nitrogen and oxygen atoms in total. The minimum atomic E-state index is -3.70. The molecule has 1 aromatic heterocycles. The number of aromatic amines is 1. The molecule has 1 N–H and O–H groups in total. The van der Waals surface area contributed by atoms with Crippen molar-refractivity contribution in [3.63, 3.8) is 0 Å². The third kappa shape index (κ3) is 3.22. The largest absolute Gasteiger partial charge is 0.281 e. The SMILES string of the molecule is Cc1n[nH]c(C)c1S(=O)(=O)N1CCN(S(=O)(=O)c2ccccc2)CC1. The van der Waals surface area contributed by atoms with Crippen molar-refractivity contribution < 1.29 is 16.8 Å². The van der Waals surface area contributed by atoms with Crippen LogP contribution in [0.3, 0.4) is 0 Å². The van der Waals surface area contributed by atoms with Crippen molar-refractivity contribution in [3.05, 3.63) is 41.7 Å². The maximum atomic E-state index is 12.8. The van der Waals surface area contributed by atoms with Crippen LogP contribution in [0.1, 0.15) is 11.4 Å². The van der Waals surface area contributed by atoms with E-state index in [9.17, 15) is 16.8 Å². The van der Waals surface area contributed by atoms with Gasteiger partial charge in [0.2, 0.25) is 20.0 Å². The molecule has 0 atom stereocenters. The fourth-order valence-corrected chi connectivity index (χ4v) is 6.14. The molecule has 0 amide bonds. The van der Waals surface area contributed by atoms with E-state index < -0.39 is 20.0 Å². The van der Waals surface area contributed by atoms with Crippen molar-refractivity contribution in [2.45, 2.75) is 23.6 Å². The number of sulfonamides is 2. The molecule has 1 aromatic carbocycles. The highest BCUT2D eigenvalue weighted by atomic mass is 32.2. The molecule has 1 aliphatic rings. The first-order valence-electron chi connectivity index (χ1n) is 7.81. The lowest BCUT2D eigenvalue weighted by atomic mass is 10.4. The van der Waals surface area contributed by atoms with Crippen molar-refractivity contribution >= 4 is 20.0 Å². The smallest absolute Gasteiger partial charge is 0.246 e. The van der Waals surface area contributed by atoms with E-state index in [1.165, 1.54) is 20.7 Å². The summed E-state index contributed by atoms with van der Waals surface area (Å²) in [7, 11) is -7.30. The van der Waals surface area contributed by atoms with Gasteiger partial charge in [0.1, 0.15) is 4.90 Å². The first-order valence-corrected chi connectivity index (χ1v) is 10.7. The van der Waals surface area contributed by atoms with Crippen molar-refractivity contribution in [2.24, 2.45) is 0 Å². The highest BCUT2D eigenvalue weighted by Crippen LogP contribution is 2.24. The number of piperazine rings is 1. The molecule has 136 valence electrons. The average molecular weight is 384 g/mol. The summed E-state index contributed by atoms with van der Waals surface area (Å²) in [6.07, 6.45) is 0. The summed E-state index contributed by atoms with van der Waals surface area (Å²) < 4.78 is 53.5. The van der Waals surface area contributed by atoms with E-state index >= 15 is 0 Å². The third-order valence-electron chi connectivity index (χ3n) is 4.24. The zero-order valence-electron chi connectivity index (χ0n) is 14.0. The van der Waals surface area contributed by atoms with Gasteiger partial charge in [0.25, 0.3) is 0 Å². The van der Waals surface area contributed by atoms with E-state index in [1.54, 1.807) is 32.0 Å². The van der Waals surface area contributed by atoms with Crippen LogP contribution in [0.2, 0.25) is 0 Å². The standard InChI is InChI=1S/C15H20N4O4S2/c1-12-15(13(2)17-16-12)25(22,23)19-10-8-18(9-11-19)24(20,21)14-6-4-3-5-7-14/h3-7H,8-11H2,1-2H3,(H,16,17). The zero-order valence-corrected chi connectivity index (χ0v) is 15.6. The molecular formula is C15H20N4O4S2. The number of aryl methyl sites for hydroxylation is 2. The Bertz CT molecular complexity index is 941. The first kappa shape index (κ1) is 18.1. The molecule has 1 fully saturated rings. The van der Waals surface area contributed by atoms with Gasteiger partial charge >= 0.3 is 0 Å². The number of hydrogen-bond donors (Lipinski definition) is 1. The van der Waals surface area contributed by atoms with E-state index in [-0.39, 0.29) is 36.0 Å². The Hall–Kier alpha value is -1.75. The van der Waals surface area contributed by atoms with Crippen LogP contribution in [-0.4, -0.2) is 61.8 Å². The quantitative estimate of drug-likeness (QED) is 0.837. The second kappa shape index (κ2) is 6.52. The summed E-state index contributed by atoms with van der Waals surface area (Å²) in [6.45, 7) is 3.74.